The number of nitrogens with one attached hydrogen (secondary N) is 1. The van der Waals surface area contributed by atoms with Gasteiger partial charge in [0.2, 0.25) is 0 Å². The fraction of sp³-hybridized carbons (Fsp3) is 0.455. The van der Waals surface area contributed by atoms with E-state index in [1.807, 2.05) is 6.92 Å². The zero-order valence-corrected chi connectivity index (χ0v) is 9.06. The fourth-order valence-corrected chi connectivity index (χ4v) is 1.76. The Morgan fingerprint density at radius 1 is 1.69 bits per heavy atom. The molecule has 86 valence electrons. The van der Waals surface area contributed by atoms with Crippen LogP contribution in [0.5, 0.6) is 0 Å². The molecule has 0 aliphatic carbocycles. The summed E-state index contributed by atoms with van der Waals surface area (Å²) in [7, 11) is 0. The second kappa shape index (κ2) is 4.09. The van der Waals surface area contributed by atoms with E-state index in [2.05, 4.69) is 10.3 Å². The van der Waals surface area contributed by atoms with Crippen molar-refractivity contribution in [1.29, 1.82) is 0 Å². The van der Waals surface area contributed by atoms with Crippen LogP contribution in [0.15, 0.2) is 18.5 Å². The largest absolute Gasteiger partial charge is 0.479 e. The standard InChI is InChI=1S/C11H14N2O3/c1-8-6-12-4-2-9(8)13-11(10(14)15)3-5-16-7-11/h2,4,6H,3,5,7H2,1H3,(H,12,13)(H,14,15). The molecule has 0 aromatic carbocycles. The average molecular weight is 222 g/mol. The van der Waals surface area contributed by atoms with Crippen LogP contribution >= 0.6 is 0 Å². The molecule has 1 unspecified atom stereocenters. The first-order chi connectivity index (χ1) is 7.64. The van der Waals surface area contributed by atoms with Crippen LogP contribution in [-0.2, 0) is 9.53 Å². The summed E-state index contributed by atoms with van der Waals surface area (Å²) >= 11 is 0. The maximum Gasteiger partial charge on any atom is 0.331 e. The van der Waals surface area contributed by atoms with Crippen LogP contribution in [-0.4, -0.2) is 34.8 Å². The van der Waals surface area contributed by atoms with Gasteiger partial charge in [-0.2, -0.15) is 0 Å². The number of hydrogen-bond acceptors (Lipinski definition) is 4. The van der Waals surface area contributed by atoms with E-state index in [4.69, 9.17) is 4.74 Å². The van der Waals surface area contributed by atoms with Crippen LogP contribution < -0.4 is 5.32 Å². The normalized spacial score (nSPS) is 24.3. The summed E-state index contributed by atoms with van der Waals surface area (Å²) < 4.78 is 5.17. The van der Waals surface area contributed by atoms with E-state index in [1.165, 1.54) is 0 Å². The van der Waals surface area contributed by atoms with Crippen molar-refractivity contribution in [1.82, 2.24) is 4.98 Å². The number of anilines is 1. The van der Waals surface area contributed by atoms with Crippen molar-refractivity contribution >= 4 is 11.7 Å². The average Bonchev–Trinajstić information content (AvgIpc) is 2.71. The molecule has 1 aromatic rings. The van der Waals surface area contributed by atoms with Gasteiger partial charge in [-0.25, -0.2) is 4.79 Å². The van der Waals surface area contributed by atoms with Gasteiger partial charge in [-0.15, -0.1) is 0 Å². The van der Waals surface area contributed by atoms with E-state index < -0.39 is 11.5 Å². The summed E-state index contributed by atoms with van der Waals surface area (Å²) in [6, 6.07) is 1.78. The SMILES string of the molecule is Cc1cnccc1NC1(C(=O)O)CCOC1. The number of hydrogen-bond donors (Lipinski definition) is 2. The van der Waals surface area contributed by atoms with Gasteiger partial charge in [-0.3, -0.25) is 4.98 Å². The van der Waals surface area contributed by atoms with Gasteiger partial charge in [0.1, 0.15) is 0 Å². The number of aryl methyl sites for hydroxylation is 1. The first-order valence-electron chi connectivity index (χ1n) is 5.14. The first kappa shape index (κ1) is 10.9. The third-order valence-electron chi connectivity index (χ3n) is 2.83. The molecule has 5 heteroatoms. The molecule has 1 aromatic heterocycles. The van der Waals surface area contributed by atoms with E-state index in [-0.39, 0.29) is 6.61 Å². The highest BCUT2D eigenvalue weighted by Crippen LogP contribution is 2.26. The molecule has 1 fully saturated rings. The number of aliphatic carboxylic acids is 1. The van der Waals surface area contributed by atoms with Crippen LogP contribution in [0.25, 0.3) is 0 Å². The van der Waals surface area contributed by atoms with Crippen molar-refractivity contribution in [3.63, 3.8) is 0 Å². The van der Waals surface area contributed by atoms with E-state index >= 15 is 0 Å². The van der Waals surface area contributed by atoms with Crippen molar-refractivity contribution in [3.05, 3.63) is 24.0 Å². The molecule has 0 radical (unpaired) electrons. The Hall–Kier alpha value is -1.62. The number of aromatic nitrogens is 1. The number of pyridine rings is 1. The molecule has 0 saturated carbocycles. The van der Waals surface area contributed by atoms with Gasteiger partial charge < -0.3 is 15.2 Å². The number of carbonyl (C=O) groups is 1. The highest BCUT2D eigenvalue weighted by molar-refractivity contribution is 5.83. The molecule has 0 bridgehead atoms. The van der Waals surface area contributed by atoms with Gasteiger partial charge in [0.05, 0.1) is 6.61 Å². The Morgan fingerprint density at radius 3 is 3.06 bits per heavy atom. The number of ether oxygens (including phenoxy) is 1. The number of carboxylic acid groups (broad SMARTS) is 1. The molecule has 16 heavy (non-hydrogen) atoms. The minimum atomic E-state index is -0.994. The predicted octanol–water partition coefficient (Wildman–Crippen LogP) is 1.05. The summed E-state index contributed by atoms with van der Waals surface area (Å²) in [6.45, 7) is 2.56. The lowest BCUT2D eigenvalue weighted by atomic mass is 9.98. The highest BCUT2D eigenvalue weighted by atomic mass is 16.5. The highest BCUT2D eigenvalue weighted by Gasteiger charge is 2.42. The minimum Gasteiger partial charge on any atom is -0.479 e. The first-order valence-corrected chi connectivity index (χ1v) is 5.14. The Bertz CT molecular complexity index is 400. The second-order valence-corrected chi connectivity index (χ2v) is 4.01. The smallest absolute Gasteiger partial charge is 0.331 e. The van der Waals surface area contributed by atoms with Crippen molar-refractivity contribution in [3.8, 4) is 0 Å². The van der Waals surface area contributed by atoms with Crippen LogP contribution in [0.1, 0.15) is 12.0 Å². The topological polar surface area (TPSA) is 71.5 Å². The number of carboxylic acids is 1. The van der Waals surface area contributed by atoms with E-state index in [0.29, 0.717) is 13.0 Å². The lowest BCUT2D eigenvalue weighted by molar-refractivity contribution is -0.142. The van der Waals surface area contributed by atoms with Crippen molar-refractivity contribution < 1.29 is 14.6 Å². The maximum absolute atomic E-state index is 11.3. The Morgan fingerprint density at radius 2 is 2.50 bits per heavy atom. The lowest BCUT2D eigenvalue weighted by Gasteiger charge is -2.25. The third-order valence-corrected chi connectivity index (χ3v) is 2.83. The molecule has 0 spiro atoms. The van der Waals surface area contributed by atoms with Crippen LogP contribution in [0.2, 0.25) is 0 Å². The lowest BCUT2D eigenvalue weighted by Crippen LogP contribution is -2.47. The molecule has 5 nitrogen and oxygen atoms in total. The van der Waals surface area contributed by atoms with Gasteiger partial charge in [-0.05, 0) is 18.6 Å². The van der Waals surface area contributed by atoms with Crippen LogP contribution in [0.3, 0.4) is 0 Å². The van der Waals surface area contributed by atoms with Gasteiger partial charge in [0, 0.05) is 31.1 Å². The Labute approximate surface area is 93.5 Å². The van der Waals surface area contributed by atoms with E-state index in [1.54, 1.807) is 18.5 Å². The fourth-order valence-electron chi connectivity index (χ4n) is 1.76. The summed E-state index contributed by atoms with van der Waals surface area (Å²) in [6.07, 6.45) is 3.82. The monoisotopic (exact) mass is 222 g/mol. The van der Waals surface area contributed by atoms with Crippen molar-refractivity contribution in [2.24, 2.45) is 0 Å². The van der Waals surface area contributed by atoms with Gasteiger partial charge >= 0.3 is 5.97 Å². The molecule has 0 amide bonds. The Kier molecular flexibility index (Phi) is 2.78. The second-order valence-electron chi connectivity index (χ2n) is 4.01. The van der Waals surface area contributed by atoms with E-state index in [0.717, 1.165) is 11.3 Å². The number of rotatable bonds is 3. The third kappa shape index (κ3) is 1.86. The van der Waals surface area contributed by atoms with Crippen molar-refractivity contribution in [2.75, 3.05) is 18.5 Å². The van der Waals surface area contributed by atoms with Gasteiger partial charge in [0.15, 0.2) is 5.54 Å². The van der Waals surface area contributed by atoms with Gasteiger partial charge in [-0.1, -0.05) is 0 Å². The summed E-state index contributed by atoms with van der Waals surface area (Å²) in [5.74, 6) is -0.874. The molecule has 2 rings (SSSR count). The molecule has 1 saturated heterocycles. The molecular weight excluding hydrogens is 208 g/mol. The summed E-state index contributed by atoms with van der Waals surface area (Å²) in [5, 5.41) is 12.3. The Balaban J connectivity index is 2.25. The molecule has 1 aliphatic heterocycles. The molecule has 2 heterocycles. The summed E-state index contributed by atoms with van der Waals surface area (Å²) in [5.41, 5.74) is 0.726. The van der Waals surface area contributed by atoms with Gasteiger partial charge in [0.25, 0.3) is 0 Å². The molecule has 1 aliphatic rings. The minimum absolute atomic E-state index is 0.199. The maximum atomic E-state index is 11.3. The number of nitrogens with zero attached hydrogens (tertiary/aromatic N) is 1. The molecule has 2 N–H and O–H groups in total. The zero-order chi connectivity index (χ0) is 11.6. The summed E-state index contributed by atoms with van der Waals surface area (Å²) in [4.78, 5) is 15.2. The molecular formula is C11H14N2O3. The molecule has 1 atom stereocenters. The zero-order valence-electron chi connectivity index (χ0n) is 9.06. The van der Waals surface area contributed by atoms with Crippen molar-refractivity contribution in [2.45, 2.75) is 18.9 Å². The van der Waals surface area contributed by atoms with Crippen LogP contribution in [0, 0.1) is 6.92 Å². The van der Waals surface area contributed by atoms with Crippen LogP contribution in [0.4, 0.5) is 5.69 Å². The predicted molar refractivity (Wildman–Crippen MR) is 58.4 cm³/mol. The van der Waals surface area contributed by atoms with E-state index in [9.17, 15) is 9.90 Å². The quantitative estimate of drug-likeness (QED) is 0.799.